The van der Waals surface area contributed by atoms with Crippen LogP contribution in [0.15, 0.2) is 36.4 Å². The summed E-state index contributed by atoms with van der Waals surface area (Å²) in [5, 5.41) is 3.05. The molecule has 0 unspecified atom stereocenters. The van der Waals surface area contributed by atoms with E-state index in [2.05, 4.69) is 12.2 Å². The summed E-state index contributed by atoms with van der Waals surface area (Å²) in [6.07, 6.45) is 5.10. The van der Waals surface area contributed by atoms with E-state index in [0.717, 1.165) is 53.5 Å². The predicted octanol–water partition coefficient (Wildman–Crippen LogP) is 5.29. The van der Waals surface area contributed by atoms with Crippen LogP contribution in [-0.2, 0) is 27.2 Å². The number of amides is 1. The molecule has 3 rings (SSSR count). The van der Waals surface area contributed by atoms with Crippen LogP contribution in [0.3, 0.4) is 0 Å². The highest BCUT2D eigenvalue weighted by Crippen LogP contribution is 2.31. The lowest BCUT2D eigenvalue weighted by Gasteiger charge is -2.35. The number of carbonyl (C=O) groups excluding carboxylic acids is 2. The van der Waals surface area contributed by atoms with Crippen molar-refractivity contribution >= 4 is 11.9 Å². The molecule has 166 valence electrons. The molecule has 2 aromatic rings. The minimum absolute atomic E-state index is 0.163. The van der Waals surface area contributed by atoms with Crippen LogP contribution in [0.5, 0.6) is 0 Å². The number of aryl methyl sites for hydroxylation is 1. The van der Waals surface area contributed by atoms with E-state index < -0.39 is 5.54 Å². The third-order valence-corrected chi connectivity index (χ3v) is 6.32. The fourth-order valence-electron chi connectivity index (χ4n) is 4.61. The second-order valence-electron chi connectivity index (χ2n) is 8.32. The topological polar surface area (TPSA) is 55.4 Å². The molecule has 5 heteroatoms. The van der Waals surface area contributed by atoms with Crippen LogP contribution in [0.4, 0.5) is 4.39 Å². The van der Waals surface area contributed by atoms with Gasteiger partial charge in [0.05, 0.1) is 13.0 Å². The summed E-state index contributed by atoms with van der Waals surface area (Å²) in [5.41, 5.74) is 4.07. The van der Waals surface area contributed by atoms with Crippen molar-refractivity contribution in [2.45, 2.75) is 71.3 Å². The molecule has 0 bridgehead atoms. The Hall–Kier alpha value is -2.69. The van der Waals surface area contributed by atoms with Gasteiger partial charge in [0.15, 0.2) is 0 Å². The van der Waals surface area contributed by atoms with Crippen LogP contribution in [0.1, 0.15) is 62.6 Å². The van der Waals surface area contributed by atoms with Gasteiger partial charge in [-0.15, -0.1) is 0 Å². The highest BCUT2D eigenvalue weighted by Gasteiger charge is 2.42. The van der Waals surface area contributed by atoms with Gasteiger partial charge in [-0.25, -0.2) is 9.18 Å². The van der Waals surface area contributed by atoms with E-state index >= 15 is 0 Å². The van der Waals surface area contributed by atoms with Crippen molar-refractivity contribution in [1.82, 2.24) is 5.32 Å². The molecule has 0 spiro atoms. The molecule has 0 saturated heterocycles. The minimum atomic E-state index is -0.916. The number of esters is 1. The molecule has 1 aliphatic rings. The molecule has 0 atom stereocenters. The Bertz CT molecular complexity index is 930. The van der Waals surface area contributed by atoms with Crippen molar-refractivity contribution < 1.29 is 18.7 Å². The molecule has 0 heterocycles. The molecule has 0 aromatic heterocycles. The van der Waals surface area contributed by atoms with Gasteiger partial charge in [0.25, 0.3) is 0 Å². The van der Waals surface area contributed by atoms with Crippen LogP contribution in [-0.4, -0.2) is 24.0 Å². The van der Waals surface area contributed by atoms with Crippen LogP contribution in [0.25, 0.3) is 11.1 Å². The Morgan fingerprint density at radius 2 is 1.71 bits per heavy atom. The zero-order chi connectivity index (χ0) is 22.4. The fraction of sp³-hybridized carbons (Fsp3) is 0.462. The first kappa shape index (κ1) is 23.0. The van der Waals surface area contributed by atoms with E-state index in [0.29, 0.717) is 19.4 Å². The first-order valence-electron chi connectivity index (χ1n) is 11.3. The van der Waals surface area contributed by atoms with Gasteiger partial charge in [-0.3, -0.25) is 4.79 Å². The van der Waals surface area contributed by atoms with E-state index in [1.807, 2.05) is 19.1 Å². The lowest BCUT2D eigenvalue weighted by atomic mass is 9.81. The fourth-order valence-corrected chi connectivity index (χ4v) is 4.61. The van der Waals surface area contributed by atoms with E-state index in [1.165, 1.54) is 12.1 Å². The summed E-state index contributed by atoms with van der Waals surface area (Å²) in [6, 6.07) is 10.5. The van der Waals surface area contributed by atoms with Crippen molar-refractivity contribution in [1.29, 1.82) is 0 Å². The van der Waals surface area contributed by atoms with Crippen LogP contribution < -0.4 is 5.32 Å². The Balaban J connectivity index is 1.88. The zero-order valence-corrected chi connectivity index (χ0v) is 18.7. The summed E-state index contributed by atoms with van der Waals surface area (Å²) >= 11 is 0. The number of rotatable bonds is 7. The summed E-state index contributed by atoms with van der Waals surface area (Å²) in [7, 11) is 0. The lowest BCUT2D eigenvalue weighted by Crippen LogP contribution is -2.56. The third-order valence-electron chi connectivity index (χ3n) is 6.32. The van der Waals surface area contributed by atoms with Gasteiger partial charge in [-0.05, 0) is 73.1 Å². The molecular formula is C26H32FNO3. The van der Waals surface area contributed by atoms with Gasteiger partial charge in [0, 0.05) is 0 Å². The summed E-state index contributed by atoms with van der Waals surface area (Å²) in [6.45, 7) is 6.15. The highest BCUT2D eigenvalue weighted by atomic mass is 19.1. The molecule has 0 aliphatic heterocycles. The average Bonchev–Trinajstić information content (AvgIpc) is 2.76. The Kier molecular flexibility index (Phi) is 7.47. The number of carbonyl (C=O) groups is 2. The summed E-state index contributed by atoms with van der Waals surface area (Å²) in [5.74, 6) is -0.762. The van der Waals surface area contributed by atoms with Crippen LogP contribution >= 0.6 is 0 Å². The normalized spacial score (nSPS) is 15.4. The SMILES string of the molecule is CCOC(=O)C1(NC(=O)Cc2c(CC)ccc(-c3ccc(F)cc3)c2C)CCCCC1. The lowest BCUT2D eigenvalue weighted by molar-refractivity contribution is -0.155. The molecule has 1 aliphatic carbocycles. The smallest absolute Gasteiger partial charge is 0.331 e. The number of halogens is 1. The first-order chi connectivity index (χ1) is 14.9. The molecule has 1 saturated carbocycles. The van der Waals surface area contributed by atoms with Crippen molar-refractivity contribution in [3.05, 3.63) is 58.9 Å². The minimum Gasteiger partial charge on any atom is -0.464 e. The molecule has 2 aromatic carbocycles. The molecule has 1 amide bonds. The monoisotopic (exact) mass is 425 g/mol. The van der Waals surface area contributed by atoms with Crippen molar-refractivity contribution in [2.24, 2.45) is 0 Å². The number of nitrogens with one attached hydrogen (secondary N) is 1. The molecule has 4 nitrogen and oxygen atoms in total. The van der Waals surface area contributed by atoms with Gasteiger partial charge in [0.2, 0.25) is 5.91 Å². The zero-order valence-electron chi connectivity index (χ0n) is 18.7. The number of hydrogen-bond acceptors (Lipinski definition) is 3. The van der Waals surface area contributed by atoms with Gasteiger partial charge < -0.3 is 10.1 Å². The molecule has 31 heavy (non-hydrogen) atoms. The van der Waals surface area contributed by atoms with E-state index in [4.69, 9.17) is 4.74 Å². The number of ether oxygens (including phenoxy) is 1. The predicted molar refractivity (Wildman–Crippen MR) is 120 cm³/mol. The maximum Gasteiger partial charge on any atom is 0.331 e. The molecule has 0 radical (unpaired) electrons. The average molecular weight is 426 g/mol. The van der Waals surface area contributed by atoms with Crippen molar-refractivity contribution in [3.63, 3.8) is 0 Å². The van der Waals surface area contributed by atoms with Gasteiger partial charge >= 0.3 is 5.97 Å². The third kappa shape index (κ3) is 5.15. The highest BCUT2D eigenvalue weighted by molar-refractivity contribution is 5.89. The van der Waals surface area contributed by atoms with Crippen LogP contribution in [0.2, 0.25) is 0 Å². The van der Waals surface area contributed by atoms with Gasteiger partial charge in [-0.1, -0.05) is 50.5 Å². The molecule has 1 N–H and O–H groups in total. The standard InChI is InChI=1S/C26H32FNO3/c1-4-19-11-14-22(20-9-12-21(27)13-10-20)18(3)23(19)17-24(29)28-26(25(30)31-5-2)15-7-6-8-16-26/h9-14H,4-8,15-17H2,1-3H3,(H,28,29). The van der Waals surface area contributed by atoms with E-state index in [1.54, 1.807) is 19.1 Å². The van der Waals surface area contributed by atoms with Crippen LogP contribution in [0, 0.1) is 12.7 Å². The Labute approximate surface area is 184 Å². The van der Waals surface area contributed by atoms with Gasteiger partial charge in [0.1, 0.15) is 11.4 Å². The number of hydrogen-bond donors (Lipinski definition) is 1. The quantitative estimate of drug-likeness (QED) is 0.614. The Morgan fingerprint density at radius 1 is 1.03 bits per heavy atom. The second-order valence-corrected chi connectivity index (χ2v) is 8.32. The maximum absolute atomic E-state index is 13.4. The van der Waals surface area contributed by atoms with E-state index in [-0.39, 0.29) is 24.1 Å². The molecular weight excluding hydrogens is 393 g/mol. The largest absolute Gasteiger partial charge is 0.464 e. The summed E-state index contributed by atoms with van der Waals surface area (Å²) in [4.78, 5) is 25.8. The number of benzene rings is 2. The Morgan fingerprint density at radius 3 is 2.32 bits per heavy atom. The molecule has 1 fully saturated rings. The van der Waals surface area contributed by atoms with Gasteiger partial charge in [-0.2, -0.15) is 0 Å². The van der Waals surface area contributed by atoms with Crippen molar-refractivity contribution in [3.8, 4) is 11.1 Å². The van der Waals surface area contributed by atoms with E-state index in [9.17, 15) is 14.0 Å². The first-order valence-corrected chi connectivity index (χ1v) is 11.3. The van der Waals surface area contributed by atoms with Crippen molar-refractivity contribution in [2.75, 3.05) is 6.61 Å². The maximum atomic E-state index is 13.4. The summed E-state index contributed by atoms with van der Waals surface area (Å²) < 4.78 is 18.7. The second kappa shape index (κ2) is 10.1.